The van der Waals surface area contributed by atoms with Crippen LogP contribution in [0.1, 0.15) is 27.7 Å². The molecule has 18 heavy (non-hydrogen) atoms. The largest absolute Gasteiger partial charge is 0.383 e. The van der Waals surface area contributed by atoms with E-state index in [4.69, 9.17) is 9.47 Å². The van der Waals surface area contributed by atoms with E-state index < -0.39 is 0 Å². The molecule has 0 spiro atoms. The number of hydrogen-bond donors (Lipinski definition) is 0. The molecule has 2 amide bonds. The molecule has 1 fully saturated rings. The Balaban J connectivity index is 2.77. The molecule has 1 aliphatic heterocycles. The molecule has 0 bridgehead atoms. The lowest BCUT2D eigenvalue weighted by Crippen LogP contribution is -2.59. The van der Waals surface area contributed by atoms with E-state index in [1.165, 1.54) is 0 Å². The number of nitrogens with zero attached hydrogens (tertiary/aromatic N) is 2. The fourth-order valence-electron chi connectivity index (χ4n) is 2.09. The first-order valence-electron chi connectivity index (χ1n) is 6.38. The monoisotopic (exact) mass is 258 g/mol. The third-order valence-electron chi connectivity index (χ3n) is 4.32. The van der Waals surface area contributed by atoms with Crippen molar-refractivity contribution < 1.29 is 14.3 Å². The number of carbonyl (C=O) groups excluding carboxylic acids is 1. The maximum atomic E-state index is 12.4. The fraction of sp³-hybridized carbons (Fsp3) is 0.923. The second-order valence-corrected chi connectivity index (χ2v) is 5.69. The number of rotatable bonds is 6. The lowest BCUT2D eigenvalue weighted by molar-refractivity contribution is -0.0793. The van der Waals surface area contributed by atoms with Crippen molar-refractivity contribution in [2.45, 2.75) is 38.8 Å². The van der Waals surface area contributed by atoms with Crippen LogP contribution in [0.15, 0.2) is 0 Å². The minimum atomic E-state index is -0.389. The van der Waals surface area contributed by atoms with Gasteiger partial charge in [-0.2, -0.15) is 0 Å². The summed E-state index contributed by atoms with van der Waals surface area (Å²) in [5, 5.41) is 0. The van der Waals surface area contributed by atoms with Gasteiger partial charge in [0.1, 0.15) is 0 Å². The zero-order chi connectivity index (χ0) is 14.0. The van der Waals surface area contributed by atoms with E-state index in [1.807, 2.05) is 37.5 Å². The summed E-state index contributed by atoms with van der Waals surface area (Å²) >= 11 is 0. The van der Waals surface area contributed by atoms with Crippen LogP contribution in [0.3, 0.4) is 0 Å². The van der Waals surface area contributed by atoms with Crippen LogP contribution in [0.4, 0.5) is 4.79 Å². The Labute approximate surface area is 110 Å². The van der Waals surface area contributed by atoms with Crippen LogP contribution in [0.2, 0.25) is 0 Å². The molecule has 0 N–H and O–H groups in total. The second-order valence-electron chi connectivity index (χ2n) is 5.69. The van der Waals surface area contributed by atoms with Crippen molar-refractivity contribution in [2.24, 2.45) is 0 Å². The highest BCUT2D eigenvalue weighted by Gasteiger charge is 2.47. The molecular formula is C13H26N2O3. The summed E-state index contributed by atoms with van der Waals surface area (Å²) in [6.07, 6.45) is 0. The van der Waals surface area contributed by atoms with Gasteiger partial charge in [0.2, 0.25) is 0 Å². The lowest BCUT2D eigenvalue weighted by atomic mass is 9.84. The van der Waals surface area contributed by atoms with Crippen molar-refractivity contribution in [3.63, 3.8) is 0 Å². The summed E-state index contributed by atoms with van der Waals surface area (Å²) in [4.78, 5) is 16.1. The summed E-state index contributed by atoms with van der Waals surface area (Å²) in [7, 11) is 3.33. The molecule has 0 saturated carbocycles. The minimum absolute atomic E-state index is 0.0715. The first-order valence-corrected chi connectivity index (χ1v) is 6.38. The van der Waals surface area contributed by atoms with Crippen molar-refractivity contribution in [1.82, 2.24) is 9.80 Å². The standard InChI is InChI=1S/C13H26N2O3/c1-12(2,13(3,4)18-6)15-8-7-14(11(15)16)9-10-17-5/h7-10H2,1-6H3. The van der Waals surface area contributed by atoms with Gasteiger partial charge in [-0.15, -0.1) is 0 Å². The maximum Gasteiger partial charge on any atom is 0.320 e. The van der Waals surface area contributed by atoms with Crippen molar-refractivity contribution in [3.05, 3.63) is 0 Å². The van der Waals surface area contributed by atoms with Crippen LogP contribution in [-0.2, 0) is 9.47 Å². The average Bonchev–Trinajstić information content (AvgIpc) is 2.68. The Morgan fingerprint density at radius 1 is 1.17 bits per heavy atom. The number of amides is 2. The number of ether oxygens (including phenoxy) is 2. The van der Waals surface area contributed by atoms with Gasteiger partial charge in [0.25, 0.3) is 0 Å². The summed E-state index contributed by atoms with van der Waals surface area (Å²) in [5.74, 6) is 0. The predicted octanol–water partition coefficient (Wildman–Crippen LogP) is 1.57. The first kappa shape index (κ1) is 15.2. The van der Waals surface area contributed by atoms with Crippen LogP contribution < -0.4 is 0 Å². The smallest absolute Gasteiger partial charge is 0.320 e. The van der Waals surface area contributed by atoms with E-state index in [-0.39, 0.29) is 17.2 Å². The molecule has 0 aromatic rings. The Morgan fingerprint density at radius 3 is 2.28 bits per heavy atom. The zero-order valence-corrected chi connectivity index (χ0v) is 12.4. The third kappa shape index (κ3) is 2.62. The van der Waals surface area contributed by atoms with Gasteiger partial charge < -0.3 is 19.3 Å². The summed E-state index contributed by atoms with van der Waals surface area (Å²) in [5.41, 5.74) is -0.736. The highest BCUT2D eigenvalue weighted by molar-refractivity contribution is 5.77. The van der Waals surface area contributed by atoms with Crippen molar-refractivity contribution in [2.75, 3.05) is 40.5 Å². The zero-order valence-electron chi connectivity index (χ0n) is 12.4. The van der Waals surface area contributed by atoms with E-state index in [0.29, 0.717) is 13.2 Å². The van der Waals surface area contributed by atoms with Gasteiger partial charge in [-0.3, -0.25) is 0 Å². The molecule has 0 aromatic carbocycles. The van der Waals surface area contributed by atoms with E-state index in [1.54, 1.807) is 14.2 Å². The molecule has 0 aliphatic carbocycles. The Morgan fingerprint density at radius 2 is 1.78 bits per heavy atom. The minimum Gasteiger partial charge on any atom is -0.383 e. The summed E-state index contributed by atoms with van der Waals surface area (Å²) in [6.45, 7) is 10.8. The van der Waals surface area contributed by atoms with Gasteiger partial charge in [-0.1, -0.05) is 0 Å². The molecule has 0 radical (unpaired) electrons. The van der Waals surface area contributed by atoms with Crippen molar-refractivity contribution in [1.29, 1.82) is 0 Å². The first-order chi connectivity index (χ1) is 8.28. The highest BCUT2D eigenvalue weighted by Crippen LogP contribution is 2.33. The van der Waals surface area contributed by atoms with E-state index >= 15 is 0 Å². The van der Waals surface area contributed by atoms with Crippen LogP contribution in [-0.4, -0.2) is 67.4 Å². The van der Waals surface area contributed by atoms with Gasteiger partial charge in [0.15, 0.2) is 0 Å². The van der Waals surface area contributed by atoms with Gasteiger partial charge >= 0.3 is 6.03 Å². The van der Waals surface area contributed by atoms with Gasteiger partial charge in [-0.25, -0.2) is 4.79 Å². The van der Waals surface area contributed by atoms with Crippen LogP contribution in [0, 0.1) is 0 Å². The van der Waals surface area contributed by atoms with Gasteiger partial charge in [-0.05, 0) is 27.7 Å². The second kappa shape index (κ2) is 5.45. The summed E-state index contributed by atoms with van der Waals surface area (Å²) < 4.78 is 10.6. The van der Waals surface area contributed by atoms with Crippen molar-refractivity contribution >= 4 is 6.03 Å². The lowest BCUT2D eigenvalue weighted by Gasteiger charge is -2.46. The molecule has 5 heteroatoms. The molecule has 5 nitrogen and oxygen atoms in total. The molecule has 1 saturated heterocycles. The highest BCUT2D eigenvalue weighted by atomic mass is 16.5. The fourth-order valence-corrected chi connectivity index (χ4v) is 2.09. The number of hydrogen-bond acceptors (Lipinski definition) is 3. The molecule has 0 atom stereocenters. The SMILES string of the molecule is COCCN1CCN(C(C)(C)C(C)(C)OC)C1=O. The predicted molar refractivity (Wildman–Crippen MR) is 70.7 cm³/mol. The number of urea groups is 1. The van der Waals surface area contributed by atoms with E-state index in [2.05, 4.69) is 0 Å². The van der Waals surface area contributed by atoms with Crippen LogP contribution >= 0.6 is 0 Å². The van der Waals surface area contributed by atoms with Crippen LogP contribution in [0.5, 0.6) is 0 Å². The van der Waals surface area contributed by atoms with Crippen molar-refractivity contribution in [3.8, 4) is 0 Å². The average molecular weight is 258 g/mol. The third-order valence-corrected chi connectivity index (χ3v) is 4.32. The molecule has 1 rings (SSSR count). The maximum absolute atomic E-state index is 12.4. The Hall–Kier alpha value is -0.810. The van der Waals surface area contributed by atoms with E-state index in [0.717, 1.165) is 13.1 Å². The Kier molecular flexibility index (Phi) is 4.61. The van der Waals surface area contributed by atoms with Gasteiger partial charge in [0.05, 0.1) is 17.7 Å². The molecule has 0 unspecified atom stereocenters. The Bertz CT molecular complexity index is 303. The molecular weight excluding hydrogens is 232 g/mol. The molecule has 1 aliphatic rings. The number of carbonyl (C=O) groups is 1. The molecule has 106 valence electrons. The van der Waals surface area contributed by atoms with Crippen LogP contribution in [0.25, 0.3) is 0 Å². The summed E-state index contributed by atoms with van der Waals surface area (Å²) in [6, 6.07) is 0.0715. The molecule has 1 heterocycles. The normalized spacial score (nSPS) is 17.8. The molecule has 0 aromatic heterocycles. The van der Waals surface area contributed by atoms with E-state index in [9.17, 15) is 4.79 Å². The number of methoxy groups -OCH3 is 2. The van der Waals surface area contributed by atoms with Gasteiger partial charge in [0, 0.05) is 33.9 Å². The topological polar surface area (TPSA) is 42.0 Å². The quantitative estimate of drug-likeness (QED) is 0.726.